The van der Waals surface area contributed by atoms with Crippen LogP contribution in [0.15, 0.2) is 6.20 Å². The van der Waals surface area contributed by atoms with E-state index in [2.05, 4.69) is 20.6 Å². The normalized spacial score (nSPS) is 14.3. The molecule has 0 saturated heterocycles. The molecule has 0 radical (unpaired) electrons. The van der Waals surface area contributed by atoms with E-state index in [1.54, 1.807) is 7.05 Å². The van der Waals surface area contributed by atoms with E-state index in [-0.39, 0.29) is 6.61 Å². The molecule has 0 aromatic carbocycles. The van der Waals surface area contributed by atoms with Crippen LogP contribution < -0.4 is 10.6 Å². The van der Waals surface area contributed by atoms with Crippen molar-refractivity contribution < 1.29 is 5.11 Å². The Labute approximate surface area is 100 Å². The van der Waals surface area contributed by atoms with Gasteiger partial charge in [0.25, 0.3) is 0 Å². The highest BCUT2D eigenvalue weighted by Crippen LogP contribution is 2.24. The lowest BCUT2D eigenvalue weighted by atomic mass is 10.0. The van der Waals surface area contributed by atoms with Crippen molar-refractivity contribution in [1.82, 2.24) is 9.97 Å². The minimum Gasteiger partial charge on any atom is -0.394 e. The molecule has 90 valence electrons. The van der Waals surface area contributed by atoms with Crippen LogP contribution in [0, 0.1) is 0 Å². The van der Waals surface area contributed by atoms with E-state index in [9.17, 15) is 5.11 Å². The minimum absolute atomic E-state index is 0.0126. The Morgan fingerprint density at radius 1 is 1.56 bits per heavy atom. The number of halogens is 1. The van der Waals surface area contributed by atoms with Crippen molar-refractivity contribution >= 4 is 23.4 Å². The van der Waals surface area contributed by atoms with E-state index in [0.717, 1.165) is 6.42 Å². The molecule has 6 heteroatoms. The second-order valence-corrected chi connectivity index (χ2v) is 4.24. The maximum atomic E-state index is 9.30. The van der Waals surface area contributed by atoms with Crippen LogP contribution in [0.3, 0.4) is 0 Å². The van der Waals surface area contributed by atoms with Crippen molar-refractivity contribution in [3.63, 3.8) is 0 Å². The van der Waals surface area contributed by atoms with Gasteiger partial charge in [-0.2, -0.15) is 4.98 Å². The van der Waals surface area contributed by atoms with E-state index in [0.29, 0.717) is 16.8 Å². The Bertz CT molecular complexity index is 355. The molecule has 5 nitrogen and oxygen atoms in total. The Balaban J connectivity index is 2.95. The van der Waals surface area contributed by atoms with Gasteiger partial charge in [-0.3, -0.25) is 0 Å². The van der Waals surface area contributed by atoms with E-state index in [4.69, 9.17) is 11.6 Å². The zero-order chi connectivity index (χ0) is 12.2. The lowest BCUT2D eigenvalue weighted by molar-refractivity contribution is 0.218. The third-order valence-electron chi connectivity index (χ3n) is 2.52. The van der Waals surface area contributed by atoms with Gasteiger partial charge in [-0.1, -0.05) is 18.5 Å². The van der Waals surface area contributed by atoms with Gasteiger partial charge in [-0.15, -0.1) is 0 Å². The number of aromatic nitrogens is 2. The monoisotopic (exact) mass is 244 g/mol. The Morgan fingerprint density at radius 3 is 2.75 bits per heavy atom. The van der Waals surface area contributed by atoms with Crippen LogP contribution >= 0.6 is 11.6 Å². The molecule has 1 aromatic heterocycles. The lowest BCUT2D eigenvalue weighted by Crippen LogP contribution is -2.38. The predicted molar refractivity (Wildman–Crippen MR) is 66.0 cm³/mol. The molecular formula is C10H17ClN4O. The van der Waals surface area contributed by atoms with E-state index < -0.39 is 5.54 Å². The van der Waals surface area contributed by atoms with Crippen LogP contribution in [-0.4, -0.2) is 34.3 Å². The van der Waals surface area contributed by atoms with Gasteiger partial charge in [0, 0.05) is 7.05 Å². The molecule has 3 N–H and O–H groups in total. The zero-order valence-electron chi connectivity index (χ0n) is 9.71. The van der Waals surface area contributed by atoms with Gasteiger partial charge in [0.2, 0.25) is 5.95 Å². The molecule has 0 amide bonds. The Morgan fingerprint density at radius 2 is 2.25 bits per heavy atom. The quantitative estimate of drug-likeness (QED) is 0.736. The third-order valence-corrected chi connectivity index (χ3v) is 2.79. The summed E-state index contributed by atoms with van der Waals surface area (Å²) in [6, 6.07) is 0. The molecular weight excluding hydrogens is 228 g/mol. The van der Waals surface area contributed by atoms with Crippen molar-refractivity contribution in [2.24, 2.45) is 0 Å². The second-order valence-electron chi connectivity index (χ2n) is 3.84. The number of nitrogens with zero attached hydrogens (tertiary/aromatic N) is 2. The molecule has 1 heterocycles. The predicted octanol–water partition coefficient (Wildman–Crippen LogP) is 1.74. The third kappa shape index (κ3) is 2.96. The average molecular weight is 245 g/mol. The summed E-state index contributed by atoms with van der Waals surface area (Å²) in [7, 11) is 1.73. The fourth-order valence-electron chi connectivity index (χ4n) is 1.10. The van der Waals surface area contributed by atoms with Gasteiger partial charge < -0.3 is 15.7 Å². The fraction of sp³-hybridized carbons (Fsp3) is 0.600. The first kappa shape index (κ1) is 13.0. The fourth-order valence-corrected chi connectivity index (χ4v) is 1.24. The van der Waals surface area contributed by atoms with Crippen LogP contribution in [0.25, 0.3) is 0 Å². The van der Waals surface area contributed by atoms with Crippen LogP contribution in [0.4, 0.5) is 11.8 Å². The molecule has 1 unspecified atom stereocenters. The molecule has 1 atom stereocenters. The van der Waals surface area contributed by atoms with Gasteiger partial charge in [0.05, 0.1) is 18.3 Å². The van der Waals surface area contributed by atoms with Crippen molar-refractivity contribution in [2.75, 3.05) is 24.3 Å². The van der Waals surface area contributed by atoms with Gasteiger partial charge >= 0.3 is 0 Å². The number of aliphatic hydroxyl groups excluding tert-OH is 1. The summed E-state index contributed by atoms with van der Waals surface area (Å²) >= 11 is 5.98. The summed E-state index contributed by atoms with van der Waals surface area (Å²) in [6.07, 6.45) is 2.29. The molecule has 1 rings (SSSR count). The SMILES string of the molecule is CCC(C)(CO)Nc1nc(NC)ncc1Cl. The van der Waals surface area contributed by atoms with Crippen LogP contribution in [0.2, 0.25) is 5.02 Å². The van der Waals surface area contributed by atoms with Gasteiger partial charge in [0.1, 0.15) is 5.02 Å². The molecule has 0 aliphatic rings. The molecule has 0 spiro atoms. The van der Waals surface area contributed by atoms with Crippen molar-refractivity contribution in [3.8, 4) is 0 Å². The van der Waals surface area contributed by atoms with E-state index >= 15 is 0 Å². The molecule has 0 saturated carbocycles. The largest absolute Gasteiger partial charge is 0.394 e. The second kappa shape index (κ2) is 5.32. The average Bonchev–Trinajstić information content (AvgIpc) is 2.32. The number of hydrogen-bond acceptors (Lipinski definition) is 5. The summed E-state index contributed by atoms with van der Waals surface area (Å²) in [5, 5.41) is 15.7. The summed E-state index contributed by atoms with van der Waals surface area (Å²) in [4.78, 5) is 8.18. The maximum absolute atomic E-state index is 9.30. The molecule has 0 aliphatic heterocycles. The first-order valence-electron chi connectivity index (χ1n) is 5.14. The number of nitrogens with one attached hydrogen (secondary N) is 2. The van der Waals surface area contributed by atoms with E-state index in [1.807, 2.05) is 13.8 Å². The Hall–Kier alpha value is -1.07. The first-order valence-corrected chi connectivity index (χ1v) is 5.52. The summed E-state index contributed by atoms with van der Waals surface area (Å²) < 4.78 is 0. The molecule has 0 fully saturated rings. The lowest BCUT2D eigenvalue weighted by Gasteiger charge is -2.28. The van der Waals surface area contributed by atoms with E-state index in [1.165, 1.54) is 6.20 Å². The number of aliphatic hydroxyl groups is 1. The first-order chi connectivity index (χ1) is 7.54. The zero-order valence-corrected chi connectivity index (χ0v) is 10.5. The smallest absolute Gasteiger partial charge is 0.224 e. The van der Waals surface area contributed by atoms with Crippen LogP contribution in [0.1, 0.15) is 20.3 Å². The van der Waals surface area contributed by atoms with Crippen LogP contribution in [-0.2, 0) is 0 Å². The molecule has 1 aromatic rings. The Kier molecular flexibility index (Phi) is 4.32. The highest BCUT2D eigenvalue weighted by atomic mass is 35.5. The van der Waals surface area contributed by atoms with Gasteiger partial charge in [-0.25, -0.2) is 4.98 Å². The highest BCUT2D eigenvalue weighted by molar-refractivity contribution is 6.32. The van der Waals surface area contributed by atoms with Crippen molar-refractivity contribution in [1.29, 1.82) is 0 Å². The molecule has 0 bridgehead atoms. The summed E-state index contributed by atoms with van der Waals surface area (Å²) in [6.45, 7) is 3.90. The summed E-state index contributed by atoms with van der Waals surface area (Å²) in [5.74, 6) is 1.02. The number of anilines is 2. The van der Waals surface area contributed by atoms with Crippen LogP contribution in [0.5, 0.6) is 0 Å². The standard InChI is InChI=1S/C10H17ClN4O/c1-4-10(2,6-16)15-8-7(11)5-13-9(12-3)14-8/h5,16H,4,6H2,1-3H3,(H2,12,13,14,15). The molecule has 0 aliphatic carbocycles. The van der Waals surface area contributed by atoms with Crippen molar-refractivity contribution in [2.45, 2.75) is 25.8 Å². The van der Waals surface area contributed by atoms with Gasteiger partial charge in [-0.05, 0) is 13.3 Å². The maximum Gasteiger partial charge on any atom is 0.224 e. The highest BCUT2D eigenvalue weighted by Gasteiger charge is 2.22. The minimum atomic E-state index is -0.428. The molecule has 16 heavy (non-hydrogen) atoms. The number of rotatable bonds is 5. The van der Waals surface area contributed by atoms with Crippen molar-refractivity contribution in [3.05, 3.63) is 11.2 Å². The topological polar surface area (TPSA) is 70.1 Å². The van der Waals surface area contributed by atoms with Gasteiger partial charge in [0.15, 0.2) is 5.82 Å². The summed E-state index contributed by atoms with van der Waals surface area (Å²) in [5.41, 5.74) is -0.428. The number of hydrogen-bond donors (Lipinski definition) is 3.